The molecular formula is C15H27N3S. The van der Waals surface area contributed by atoms with E-state index in [2.05, 4.69) is 43.0 Å². The van der Waals surface area contributed by atoms with Crippen molar-refractivity contribution in [3.63, 3.8) is 0 Å². The summed E-state index contributed by atoms with van der Waals surface area (Å²) in [7, 11) is 0. The summed E-state index contributed by atoms with van der Waals surface area (Å²) in [5.41, 5.74) is 1.20. The van der Waals surface area contributed by atoms with Crippen LogP contribution in [0.2, 0.25) is 0 Å². The van der Waals surface area contributed by atoms with Crippen LogP contribution in [0.1, 0.15) is 57.8 Å². The van der Waals surface area contributed by atoms with Gasteiger partial charge in [-0.05, 0) is 25.5 Å². The van der Waals surface area contributed by atoms with Gasteiger partial charge in [-0.2, -0.15) is 0 Å². The van der Waals surface area contributed by atoms with Crippen LogP contribution >= 0.6 is 11.8 Å². The summed E-state index contributed by atoms with van der Waals surface area (Å²) in [6.45, 7) is 9.62. The second kappa shape index (κ2) is 9.18. The first kappa shape index (κ1) is 16.3. The van der Waals surface area contributed by atoms with E-state index < -0.39 is 0 Å². The molecule has 108 valence electrons. The van der Waals surface area contributed by atoms with Crippen molar-refractivity contribution >= 4 is 17.6 Å². The lowest BCUT2D eigenvalue weighted by Gasteiger charge is -2.12. The minimum Gasteiger partial charge on any atom is -0.370 e. The van der Waals surface area contributed by atoms with Gasteiger partial charge in [-0.1, -0.05) is 33.6 Å². The van der Waals surface area contributed by atoms with Crippen molar-refractivity contribution in [3.8, 4) is 0 Å². The van der Waals surface area contributed by atoms with Gasteiger partial charge in [0.05, 0.1) is 0 Å². The van der Waals surface area contributed by atoms with Gasteiger partial charge in [-0.3, -0.25) is 0 Å². The Morgan fingerprint density at radius 3 is 2.47 bits per heavy atom. The second-order valence-electron chi connectivity index (χ2n) is 4.75. The molecule has 0 aliphatic heterocycles. The number of nitrogens with one attached hydrogen (secondary N) is 1. The Kier molecular flexibility index (Phi) is 7.87. The number of aromatic nitrogens is 2. The number of unbranched alkanes of at least 4 members (excludes halogenated alkanes) is 2. The van der Waals surface area contributed by atoms with Crippen molar-refractivity contribution in [3.05, 3.63) is 11.4 Å². The van der Waals surface area contributed by atoms with Gasteiger partial charge in [-0.25, -0.2) is 9.97 Å². The molecule has 1 N–H and O–H groups in total. The van der Waals surface area contributed by atoms with E-state index in [0.29, 0.717) is 0 Å². The number of anilines is 1. The summed E-state index contributed by atoms with van der Waals surface area (Å²) < 4.78 is 0. The topological polar surface area (TPSA) is 37.8 Å². The molecule has 0 fully saturated rings. The van der Waals surface area contributed by atoms with E-state index in [0.717, 1.165) is 41.8 Å². The monoisotopic (exact) mass is 281 g/mol. The van der Waals surface area contributed by atoms with Gasteiger partial charge in [0.25, 0.3) is 0 Å². The minimum absolute atomic E-state index is 0.892. The Bertz CT molecular complexity index is 380. The van der Waals surface area contributed by atoms with E-state index >= 15 is 0 Å². The highest BCUT2D eigenvalue weighted by atomic mass is 32.2. The van der Waals surface area contributed by atoms with Crippen molar-refractivity contribution in [2.24, 2.45) is 0 Å². The SMILES string of the molecule is CCCCCSc1nc(CC)nc(NCCC)c1C. The standard InChI is InChI=1S/C15H27N3S/c1-5-8-9-11-19-15-12(4)14(16-10-6-2)17-13(7-3)18-15/h5-11H2,1-4H3,(H,16,17,18). The fraction of sp³-hybridized carbons (Fsp3) is 0.733. The van der Waals surface area contributed by atoms with Crippen molar-refractivity contribution in [1.82, 2.24) is 9.97 Å². The normalized spacial score (nSPS) is 10.7. The predicted molar refractivity (Wildman–Crippen MR) is 85.2 cm³/mol. The van der Waals surface area contributed by atoms with E-state index in [1.807, 2.05) is 11.8 Å². The summed E-state index contributed by atoms with van der Waals surface area (Å²) in [4.78, 5) is 9.27. The largest absolute Gasteiger partial charge is 0.370 e. The Balaban J connectivity index is 2.76. The molecular weight excluding hydrogens is 254 g/mol. The number of nitrogens with zero attached hydrogens (tertiary/aromatic N) is 2. The van der Waals surface area contributed by atoms with Crippen LogP contribution in [-0.4, -0.2) is 22.3 Å². The van der Waals surface area contributed by atoms with E-state index in [-0.39, 0.29) is 0 Å². The maximum absolute atomic E-state index is 4.67. The molecule has 1 aromatic heterocycles. The Hall–Kier alpha value is -0.770. The van der Waals surface area contributed by atoms with Crippen molar-refractivity contribution in [2.45, 2.75) is 64.8 Å². The van der Waals surface area contributed by atoms with E-state index in [1.54, 1.807) is 0 Å². The number of thioether (sulfide) groups is 1. The van der Waals surface area contributed by atoms with Crippen LogP contribution in [-0.2, 0) is 6.42 Å². The molecule has 0 amide bonds. The molecule has 1 heterocycles. The molecule has 0 saturated heterocycles. The van der Waals surface area contributed by atoms with Crippen LogP contribution < -0.4 is 5.32 Å². The highest BCUT2D eigenvalue weighted by molar-refractivity contribution is 7.99. The van der Waals surface area contributed by atoms with Crippen LogP contribution in [0.15, 0.2) is 5.03 Å². The van der Waals surface area contributed by atoms with Gasteiger partial charge < -0.3 is 5.32 Å². The molecule has 1 aromatic rings. The van der Waals surface area contributed by atoms with Gasteiger partial charge >= 0.3 is 0 Å². The molecule has 3 nitrogen and oxygen atoms in total. The average Bonchev–Trinajstić information content (AvgIpc) is 2.43. The lowest BCUT2D eigenvalue weighted by molar-refractivity contribution is 0.777. The van der Waals surface area contributed by atoms with Gasteiger partial charge in [0.2, 0.25) is 0 Å². The molecule has 0 aromatic carbocycles. The third kappa shape index (κ3) is 5.39. The highest BCUT2D eigenvalue weighted by Crippen LogP contribution is 2.26. The highest BCUT2D eigenvalue weighted by Gasteiger charge is 2.10. The first-order valence-corrected chi connectivity index (χ1v) is 8.45. The van der Waals surface area contributed by atoms with E-state index in [4.69, 9.17) is 0 Å². The average molecular weight is 281 g/mol. The lowest BCUT2D eigenvalue weighted by atomic mass is 10.3. The van der Waals surface area contributed by atoms with E-state index in [9.17, 15) is 0 Å². The Labute approximate surface area is 122 Å². The molecule has 0 unspecified atom stereocenters. The third-order valence-electron chi connectivity index (χ3n) is 2.99. The zero-order valence-electron chi connectivity index (χ0n) is 12.8. The van der Waals surface area contributed by atoms with Crippen molar-refractivity contribution in [2.75, 3.05) is 17.6 Å². The molecule has 0 radical (unpaired) electrons. The molecule has 0 spiro atoms. The van der Waals surface area contributed by atoms with Gasteiger partial charge in [-0.15, -0.1) is 11.8 Å². The summed E-state index contributed by atoms with van der Waals surface area (Å²) in [6.07, 6.45) is 5.85. The van der Waals surface area contributed by atoms with Crippen LogP contribution in [0.3, 0.4) is 0 Å². The lowest BCUT2D eigenvalue weighted by Crippen LogP contribution is -2.08. The first-order valence-electron chi connectivity index (χ1n) is 7.47. The fourth-order valence-corrected chi connectivity index (χ4v) is 2.80. The molecule has 1 rings (SSSR count). The van der Waals surface area contributed by atoms with Crippen LogP contribution in [0.4, 0.5) is 5.82 Å². The summed E-state index contributed by atoms with van der Waals surface area (Å²) in [5, 5.41) is 4.57. The molecule has 19 heavy (non-hydrogen) atoms. The maximum atomic E-state index is 4.67. The third-order valence-corrected chi connectivity index (χ3v) is 4.16. The van der Waals surface area contributed by atoms with Gasteiger partial charge in [0.1, 0.15) is 16.7 Å². The zero-order valence-corrected chi connectivity index (χ0v) is 13.6. The van der Waals surface area contributed by atoms with Crippen LogP contribution in [0.25, 0.3) is 0 Å². The molecule has 0 aliphatic rings. The summed E-state index contributed by atoms with van der Waals surface area (Å²) >= 11 is 1.87. The van der Waals surface area contributed by atoms with Crippen LogP contribution in [0, 0.1) is 6.92 Å². The van der Waals surface area contributed by atoms with Crippen molar-refractivity contribution in [1.29, 1.82) is 0 Å². The second-order valence-corrected chi connectivity index (χ2v) is 5.84. The molecule has 0 saturated carbocycles. The zero-order chi connectivity index (χ0) is 14.1. The molecule has 0 aliphatic carbocycles. The van der Waals surface area contributed by atoms with Gasteiger partial charge in [0, 0.05) is 18.5 Å². The maximum Gasteiger partial charge on any atom is 0.133 e. The predicted octanol–water partition coefficient (Wildman–Crippen LogP) is 4.45. The fourth-order valence-electron chi connectivity index (χ4n) is 1.78. The van der Waals surface area contributed by atoms with Crippen molar-refractivity contribution < 1.29 is 0 Å². The Morgan fingerprint density at radius 2 is 1.84 bits per heavy atom. The molecule has 4 heteroatoms. The quantitative estimate of drug-likeness (QED) is 0.412. The van der Waals surface area contributed by atoms with Crippen LogP contribution in [0.5, 0.6) is 0 Å². The number of aryl methyl sites for hydroxylation is 1. The number of rotatable bonds is 9. The van der Waals surface area contributed by atoms with E-state index in [1.165, 1.54) is 24.8 Å². The smallest absolute Gasteiger partial charge is 0.133 e. The first-order chi connectivity index (χ1) is 9.22. The molecule has 0 bridgehead atoms. The summed E-state index contributed by atoms with van der Waals surface area (Å²) in [6, 6.07) is 0. The number of hydrogen-bond acceptors (Lipinski definition) is 4. The summed E-state index contributed by atoms with van der Waals surface area (Å²) in [5.74, 6) is 3.12. The minimum atomic E-state index is 0.892. The van der Waals surface area contributed by atoms with Gasteiger partial charge in [0.15, 0.2) is 0 Å². The molecule has 0 atom stereocenters. The number of hydrogen-bond donors (Lipinski definition) is 1. The Morgan fingerprint density at radius 1 is 1.05 bits per heavy atom.